The van der Waals surface area contributed by atoms with Crippen LogP contribution in [-0.2, 0) is 4.74 Å². The van der Waals surface area contributed by atoms with Gasteiger partial charge in [-0.15, -0.1) is 0 Å². The first-order chi connectivity index (χ1) is 10.8. The van der Waals surface area contributed by atoms with Crippen molar-refractivity contribution < 1.29 is 9.53 Å². The average Bonchev–Trinajstić information content (AvgIpc) is 2.99. The number of carbonyl (C=O) groups is 1. The predicted octanol–water partition coefficient (Wildman–Crippen LogP) is 3.65. The van der Waals surface area contributed by atoms with Crippen LogP contribution in [0.25, 0.3) is 0 Å². The number of amides is 1. The second-order valence-electron chi connectivity index (χ2n) is 7.65. The van der Waals surface area contributed by atoms with Crippen LogP contribution < -0.4 is 0 Å². The van der Waals surface area contributed by atoms with Crippen molar-refractivity contribution in [1.29, 1.82) is 0 Å². The molecule has 0 aliphatic carbocycles. The van der Waals surface area contributed by atoms with Gasteiger partial charge in [0.15, 0.2) is 0 Å². The van der Waals surface area contributed by atoms with Crippen molar-refractivity contribution in [3.05, 3.63) is 24.0 Å². The number of aromatic nitrogens is 1. The maximum absolute atomic E-state index is 12.1. The molecule has 5 heteroatoms. The summed E-state index contributed by atoms with van der Waals surface area (Å²) in [4.78, 5) is 19.6. The molecule has 5 nitrogen and oxygen atoms in total. The summed E-state index contributed by atoms with van der Waals surface area (Å²) in [7, 11) is 2.17. The van der Waals surface area contributed by atoms with Crippen molar-refractivity contribution in [3.63, 3.8) is 0 Å². The van der Waals surface area contributed by atoms with Crippen molar-refractivity contribution in [2.24, 2.45) is 5.92 Å². The number of hydrogen-bond donors (Lipinski definition) is 1. The molecule has 1 aromatic rings. The van der Waals surface area contributed by atoms with E-state index in [0.29, 0.717) is 12.0 Å². The number of piperidine rings is 1. The third-order valence-electron chi connectivity index (χ3n) is 4.55. The van der Waals surface area contributed by atoms with Gasteiger partial charge in [-0.1, -0.05) is 0 Å². The molecule has 1 aliphatic rings. The Morgan fingerprint density at radius 1 is 1.43 bits per heavy atom. The van der Waals surface area contributed by atoms with Crippen LogP contribution in [0.15, 0.2) is 18.3 Å². The fraction of sp³-hybridized carbons (Fsp3) is 0.722. The van der Waals surface area contributed by atoms with Gasteiger partial charge in [0, 0.05) is 37.6 Å². The predicted molar refractivity (Wildman–Crippen MR) is 92.4 cm³/mol. The lowest BCUT2D eigenvalue weighted by molar-refractivity contribution is 0.0168. The molecular formula is C18H31N3O2. The molecule has 0 radical (unpaired) electrons. The highest BCUT2D eigenvalue weighted by atomic mass is 16.6. The number of likely N-dealkylation sites (tertiary alicyclic amines) is 1. The summed E-state index contributed by atoms with van der Waals surface area (Å²) in [6.45, 7) is 10.6. The zero-order valence-corrected chi connectivity index (χ0v) is 15.1. The minimum absolute atomic E-state index is 0.177. The van der Waals surface area contributed by atoms with E-state index < -0.39 is 5.60 Å². The van der Waals surface area contributed by atoms with Crippen LogP contribution in [0.1, 0.15) is 52.3 Å². The molecule has 1 atom stereocenters. The number of nitrogens with zero attached hydrogens (tertiary/aromatic N) is 2. The van der Waals surface area contributed by atoms with Crippen molar-refractivity contribution >= 4 is 6.09 Å². The maximum Gasteiger partial charge on any atom is 0.410 e. The first-order valence-electron chi connectivity index (χ1n) is 8.57. The second-order valence-corrected chi connectivity index (χ2v) is 7.65. The minimum atomic E-state index is -0.417. The Kier molecular flexibility index (Phi) is 5.74. The van der Waals surface area contributed by atoms with Crippen LogP contribution >= 0.6 is 0 Å². The Morgan fingerprint density at radius 2 is 2.09 bits per heavy atom. The smallest absolute Gasteiger partial charge is 0.410 e. The van der Waals surface area contributed by atoms with Crippen molar-refractivity contribution in [1.82, 2.24) is 14.8 Å². The SMILES string of the molecule is C[C@@H](c1ccc[nH]1)N(C)CC1CCN(C(=O)OC(C)(C)C)CC1. The number of rotatable bonds is 4. The summed E-state index contributed by atoms with van der Waals surface area (Å²) in [6.07, 6.45) is 3.88. The third-order valence-corrected chi connectivity index (χ3v) is 4.55. The lowest BCUT2D eigenvalue weighted by Crippen LogP contribution is -2.43. The van der Waals surface area contributed by atoms with Gasteiger partial charge in [-0.05, 0) is 65.6 Å². The van der Waals surface area contributed by atoms with Gasteiger partial charge in [-0.3, -0.25) is 4.90 Å². The van der Waals surface area contributed by atoms with E-state index in [1.165, 1.54) is 5.69 Å². The first kappa shape index (κ1) is 17.9. The molecule has 130 valence electrons. The van der Waals surface area contributed by atoms with E-state index in [2.05, 4.69) is 29.9 Å². The van der Waals surface area contributed by atoms with Gasteiger partial charge >= 0.3 is 6.09 Å². The van der Waals surface area contributed by atoms with E-state index in [1.54, 1.807) is 0 Å². The van der Waals surface area contributed by atoms with Gasteiger partial charge in [0.05, 0.1) is 0 Å². The van der Waals surface area contributed by atoms with Gasteiger partial charge in [-0.2, -0.15) is 0 Å². The molecule has 0 saturated carbocycles. The van der Waals surface area contributed by atoms with Gasteiger partial charge in [0.2, 0.25) is 0 Å². The van der Waals surface area contributed by atoms with Crippen molar-refractivity contribution in [2.45, 2.75) is 52.2 Å². The maximum atomic E-state index is 12.1. The van der Waals surface area contributed by atoms with E-state index in [-0.39, 0.29) is 6.09 Å². The zero-order valence-electron chi connectivity index (χ0n) is 15.1. The van der Waals surface area contributed by atoms with E-state index in [1.807, 2.05) is 37.9 Å². The molecular weight excluding hydrogens is 290 g/mol. The van der Waals surface area contributed by atoms with Gasteiger partial charge in [-0.25, -0.2) is 4.79 Å². The summed E-state index contributed by atoms with van der Waals surface area (Å²) < 4.78 is 5.45. The molecule has 0 unspecified atom stereocenters. The van der Waals surface area contributed by atoms with E-state index in [9.17, 15) is 4.79 Å². The Balaban J connectivity index is 1.77. The second kappa shape index (κ2) is 7.39. The van der Waals surface area contributed by atoms with Crippen molar-refractivity contribution in [2.75, 3.05) is 26.7 Å². The van der Waals surface area contributed by atoms with E-state index >= 15 is 0 Å². The highest BCUT2D eigenvalue weighted by Gasteiger charge is 2.28. The largest absolute Gasteiger partial charge is 0.444 e. The summed E-state index contributed by atoms with van der Waals surface area (Å²) in [6, 6.07) is 4.56. The highest BCUT2D eigenvalue weighted by Crippen LogP contribution is 2.24. The molecule has 1 aromatic heterocycles. The van der Waals surface area contributed by atoms with Crippen LogP contribution in [0.3, 0.4) is 0 Å². The average molecular weight is 321 g/mol. The number of H-pyrrole nitrogens is 1. The molecule has 1 fully saturated rings. The van der Waals surface area contributed by atoms with Crippen molar-refractivity contribution in [3.8, 4) is 0 Å². The van der Waals surface area contributed by atoms with Gasteiger partial charge in [0.1, 0.15) is 5.60 Å². The molecule has 23 heavy (non-hydrogen) atoms. The molecule has 2 rings (SSSR count). The standard InChI is InChI=1S/C18H31N3O2/c1-14(16-7-6-10-19-16)20(5)13-15-8-11-21(12-9-15)17(22)23-18(2,3)4/h6-7,10,14-15,19H,8-9,11-13H2,1-5H3/t14-/m0/s1. The molecule has 0 aromatic carbocycles. The molecule has 2 heterocycles. The number of aromatic amines is 1. The number of carbonyl (C=O) groups excluding carboxylic acids is 1. The highest BCUT2D eigenvalue weighted by molar-refractivity contribution is 5.68. The first-order valence-corrected chi connectivity index (χ1v) is 8.57. The topological polar surface area (TPSA) is 48.6 Å². The summed E-state index contributed by atoms with van der Waals surface area (Å²) in [5, 5.41) is 0. The molecule has 1 amide bonds. The molecule has 1 N–H and O–H groups in total. The molecule has 1 saturated heterocycles. The zero-order chi connectivity index (χ0) is 17.0. The van der Waals surface area contributed by atoms with Crippen LogP contribution in [0.2, 0.25) is 0 Å². The van der Waals surface area contributed by atoms with E-state index in [0.717, 1.165) is 32.5 Å². The molecule has 0 bridgehead atoms. The Morgan fingerprint density at radius 3 is 2.61 bits per heavy atom. The Labute approximate surface area is 140 Å². The fourth-order valence-electron chi connectivity index (χ4n) is 3.03. The number of ether oxygens (including phenoxy) is 1. The summed E-state index contributed by atoms with van der Waals surface area (Å²) in [5.41, 5.74) is 0.832. The monoisotopic (exact) mass is 321 g/mol. The lowest BCUT2D eigenvalue weighted by atomic mass is 9.96. The van der Waals surface area contributed by atoms with Crippen LogP contribution in [0, 0.1) is 5.92 Å². The Bertz CT molecular complexity index is 485. The van der Waals surface area contributed by atoms with Gasteiger partial charge < -0.3 is 14.6 Å². The Hall–Kier alpha value is -1.49. The van der Waals surface area contributed by atoms with Crippen LogP contribution in [0.5, 0.6) is 0 Å². The minimum Gasteiger partial charge on any atom is -0.444 e. The van der Waals surface area contributed by atoms with Crippen LogP contribution in [0.4, 0.5) is 4.79 Å². The quantitative estimate of drug-likeness (QED) is 0.921. The summed E-state index contributed by atoms with van der Waals surface area (Å²) in [5.74, 6) is 0.635. The molecule has 0 spiro atoms. The van der Waals surface area contributed by atoms with E-state index in [4.69, 9.17) is 4.74 Å². The summed E-state index contributed by atoms with van der Waals surface area (Å²) >= 11 is 0. The van der Waals surface area contributed by atoms with Crippen LogP contribution in [-0.4, -0.2) is 53.2 Å². The van der Waals surface area contributed by atoms with Gasteiger partial charge in [0.25, 0.3) is 0 Å². The number of hydrogen-bond acceptors (Lipinski definition) is 3. The normalized spacial score (nSPS) is 18.3. The third kappa shape index (κ3) is 5.27. The number of nitrogens with one attached hydrogen (secondary N) is 1. The molecule has 1 aliphatic heterocycles. The fourth-order valence-corrected chi connectivity index (χ4v) is 3.03. The lowest BCUT2D eigenvalue weighted by Gasteiger charge is -2.36.